The Balaban J connectivity index is 1.72. The minimum atomic E-state index is -3.35. The number of amides is 1. The second-order valence-corrected chi connectivity index (χ2v) is 8.46. The molecule has 0 saturated heterocycles. The van der Waals surface area contributed by atoms with Crippen molar-refractivity contribution in [2.75, 3.05) is 16.3 Å². The summed E-state index contributed by atoms with van der Waals surface area (Å²) in [6, 6.07) is 12.4. The lowest BCUT2D eigenvalue weighted by Gasteiger charge is -2.08. The molecule has 0 aliphatic heterocycles. The van der Waals surface area contributed by atoms with Gasteiger partial charge < -0.3 is 5.32 Å². The lowest BCUT2D eigenvalue weighted by Crippen LogP contribution is -2.15. The number of aryl methyl sites for hydroxylation is 1. The van der Waals surface area contributed by atoms with Crippen LogP contribution in [0.25, 0.3) is 5.69 Å². The van der Waals surface area contributed by atoms with Gasteiger partial charge in [0.1, 0.15) is 5.82 Å². The summed E-state index contributed by atoms with van der Waals surface area (Å²) in [6.45, 7) is 3.68. The molecule has 1 heterocycles. The van der Waals surface area contributed by atoms with E-state index in [0.717, 1.165) is 23.2 Å². The lowest BCUT2D eigenvalue weighted by molar-refractivity contribution is -0.115. The summed E-state index contributed by atoms with van der Waals surface area (Å²) in [5, 5.41) is 7.25. The van der Waals surface area contributed by atoms with E-state index in [1.54, 1.807) is 41.1 Å². The van der Waals surface area contributed by atoms with Crippen molar-refractivity contribution in [1.29, 1.82) is 0 Å². The molecule has 0 unspecified atom stereocenters. The molecule has 0 aliphatic carbocycles. The minimum absolute atomic E-state index is 0.127. The van der Waals surface area contributed by atoms with Crippen molar-refractivity contribution in [1.82, 2.24) is 9.78 Å². The van der Waals surface area contributed by atoms with E-state index in [-0.39, 0.29) is 18.1 Å². The fourth-order valence-electron chi connectivity index (χ4n) is 2.97. The normalized spacial score (nSPS) is 11.3. The van der Waals surface area contributed by atoms with Crippen molar-refractivity contribution in [3.63, 3.8) is 0 Å². The fourth-order valence-corrected chi connectivity index (χ4v) is 3.53. The molecule has 0 aliphatic rings. The van der Waals surface area contributed by atoms with Gasteiger partial charge in [-0.15, -0.1) is 0 Å². The molecule has 3 rings (SSSR count). The first-order valence-electron chi connectivity index (χ1n) is 8.81. The molecule has 0 spiro atoms. The van der Waals surface area contributed by atoms with E-state index in [4.69, 9.17) is 0 Å². The van der Waals surface area contributed by atoms with Gasteiger partial charge >= 0.3 is 0 Å². The van der Waals surface area contributed by atoms with Crippen molar-refractivity contribution in [3.05, 3.63) is 71.3 Å². The highest BCUT2D eigenvalue weighted by Gasteiger charge is 2.16. The number of hydrogen-bond acceptors (Lipinski definition) is 4. The van der Waals surface area contributed by atoms with E-state index >= 15 is 0 Å². The van der Waals surface area contributed by atoms with Gasteiger partial charge in [0.05, 0.1) is 24.1 Å². The van der Waals surface area contributed by atoms with Crippen LogP contribution in [0.3, 0.4) is 0 Å². The summed E-state index contributed by atoms with van der Waals surface area (Å²) in [5.74, 6) is -0.550. The topological polar surface area (TPSA) is 93.1 Å². The summed E-state index contributed by atoms with van der Waals surface area (Å²) in [5.41, 5.74) is 3.99. The smallest absolute Gasteiger partial charge is 0.229 e. The molecule has 152 valence electrons. The lowest BCUT2D eigenvalue weighted by atomic mass is 10.1. The zero-order valence-electron chi connectivity index (χ0n) is 16.2. The monoisotopic (exact) mass is 416 g/mol. The molecule has 9 heteroatoms. The van der Waals surface area contributed by atoms with Crippen LogP contribution in [-0.4, -0.2) is 30.4 Å². The Morgan fingerprint density at radius 3 is 2.21 bits per heavy atom. The predicted molar refractivity (Wildman–Crippen MR) is 110 cm³/mol. The van der Waals surface area contributed by atoms with E-state index in [2.05, 4.69) is 15.1 Å². The second-order valence-electron chi connectivity index (χ2n) is 6.71. The number of benzene rings is 2. The SMILES string of the molecule is Cc1nn(-c2ccc(F)cc2)c(C)c1CC(=O)Nc1ccc(NS(C)(=O)=O)cc1. The van der Waals surface area contributed by atoms with Gasteiger partial charge in [0, 0.05) is 22.6 Å². The van der Waals surface area contributed by atoms with Crippen molar-refractivity contribution in [3.8, 4) is 5.69 Å². The molecule has 7 nitrogen and oxygen atoms in total. The van der Waals surface area contributed by atoms with Gasteiger partial charge in [0.2, 0.25) is 15.9 Å². The van der Waals surface area contributed by atoms with Crippen LogP contribution in [0.2, 0.25) is 0 Å². The first kappa shape index (κ1) is 20.5. The standard InChI is InChI=1S/C20H21FN4O3S/c1-13-19(14(2)25(23-13)18-10-4-15(21)5-11-18)12-20(26)22-16-6-8-17(9-7-16)24-29(3,27)28/h4-11,24H,12H2,1-3H3,(H,22,26). The third-order valence-corrected chi connectivity index (χ3v) is 4.93. The van der Waals surface area contributed by atoms with Gasteiger partial charge in [-0.3, -0.25) is 9.52 Å². The van der Waals surface area contributed by atoms with Gasteiger partial charge in [0.25, 0.3) is 0 Å². The van der Waals surface area contributed by atoms with Crippen LogP contribution in [-0.2, 0) is 21.2 Å². The number of aromatic nitrogens is 2. The quantitative estimate of drug-likeness (QED) is 0.645. The largest absolute Gasteiger partial charge is 0.326 e. The van der Waals surface area contributed by atoms with Gasteiger partial charge in [-0.25, -0.2) is 17.5 Å². The second kappa shape index (κ2) is 8.04. The maximum absolute atomic E-state index is 13.2. The molecule has 1 aromatic heterocycles. The van der Waals surface area contributed by atoms with E-state index in [9.17, 15) is 17.6 Å². The van der Waals surface area contributed by atoms with E-state index in [1.807, 2.05) is 13.8 Å². The molecular weight excluding hydrogens is 395 g/mol. The van der Waals surface area contributed by atoms with Crippen molar-refractivity contribution < 1.29 is 17.6 Å². The number of anilines is 2. The summed E-state index contributed by atoms with van der Waals surface area (Å²) in [7, 11) is -3.35. The van der Waals surface area contributed by atoms with Crippen molar-refractivity contribution in [2.45, 2.75) is 20.3 Å². The Hall–Kier alpha value is -3.20. The highest BCUT2D eigenvalue weighted by molar-refractivity contribution is 7.92. The van der Waals surface area contributed by atoms with Crippen molar-refractivity contribution in [2.24, 2.45) is 0 Å². The summed E-state index contributed by atoms with van der Waals surface area (Å²) < 4.78 is 39.7. The average Bonchev–Trinajstić information content (AvgIpc) is 2.91. The number of halogens is 1. The molecule has 3 aromatic rings. The summed E-state index contributed by atoms with van der Waals surface area (Å²) in [6.07, 6.45) is 1.20. The van der Waals surface area contributed by atoms with Crippen LogP contribution in [0.5, 0.6) is 0 Å². The number of hydrogen-bond donors (Lipinski definition) is 2. The van der Waals surface area contributed by atoms with Crippen LogP contribution in [0.15, 0.2) is 48.5 Å². The van der Waals surface area contributed by atoms with Gasteiger partial charge in [-0.1, -0.05) is 0 Å². The number of rotatable bonds is 6. The molecule has 2 N–H and O–H groups in total. The number of nitrogens with one attached hydrogen (secondary N) is 2. The molecule has 2 aromatic carbocycles. The average molecular weight is 416 g/mol. The maximum atomic E-state index is 13.2. The zero-order chi connectivity index (χ0) is 21.2. The third-order valence-electron chi connectivity index (χ3n) is 4.32. The van der Waals surface area contributed by atoms with Crippen LogP contribution < -0.4 is 10.0 Å². The molecule has 1 amide bonds. The Kier molecular flexibility index (Phi) is 5.69. The number of sulfonamides is 1. The van der Waals surface area contributed by atoms with Crippen molar-refractivity contribution >= 4 is 27.3 Å². The van der Waals surface area contributed by atoms with E-state index in [0.29, 0.717) is 17.1 Å². The van der Waals surface area contributed by atoms with Gasteiger partial charge in [-0.2, -0.15) is 5.10 Å². The highest BCUT2D eigenvalue weighted by atomic mass is 32.2. The Bertz CT molecular complexity index is 1140. The third kappa shape index (κ3) is 5.20. The minimum Gasteiger partial charge on any atom is -0.326 e. The Labute approximate surface area is 168 Å². The number of carbonyl (C=O) groups excluding carboxylic acids is 1. The summed E-state index contributed by atoms with van der Waals surface area (Å²) >= 11 is 0. The van der Waals surface area contributed by atoms with Gasteiger partial charge in [-0.05, 0) is 62.4 Å². The van der Waals surface area contributed by atoms with E-state index < -0.39 is 10.0 Å². The predicted octanol–water partition coefficient (Wildman–Crippen LogP) is 3.18. The molecular formula is C20H21FN4O3S. The molecule has 0 bridgehead atoms. The van der Waals surface area contributed by atoms with Crippen LogP contribution >= 0.6 is 0 Å². The molecule has 0 saturated carbocycles. The maximum Gasteiger partial charge on any atom is 0.229 e. The van der Waals surface area contributed by atoms with Crippen LogP contribution in [0, 0.1) is 19.7 Å². The molecule has 0 radical (unpaired) electrons. The molecule has 0 fully saturated rings. The van der Waals surface area contributed by atoms with E-state index in [1.165, 1.54) is 12.1 Å². The zero-order valence-corrected chi connectivity index (χ0v) is 17.0. The van der Waals surface area contributed by atoms with Crippen LogP contribution in [0.4, 0.5) is 15.8 Å². The first-order chi connectivity index (χ1) is 13.6. The summed E-state index contributed by atoms with van der Waals surface area (Å²) in [4.78, 5) is 12.5. The Morgan fingerprint density at radius 1 is 1.03 bits per heavy atom. The first-order valence-corrected chi connectivity index (χ1v) is 10.7. The van der Waals surface area contributed by atoms with Gasteiger partial charge in [0.15, 0.2) is 0 Å². The molecule has 0 atom stereocenters. The number of carbonyl (C=O) groups is 1. The fraction of sp³-hybridized carbons (Fsp3) is 0.200. The molecule has 29 heavy (non-hydrogen) atoms. The van der Waals surface area contributed by atoms with Crippen LogP contribution in [0.1, 0.15) is 17.0 Å². The highest BCUT2D eigenvalue weighted by Crippen LogP contribution is 2.20. The Morgan fingerprint density at radius 2 is 1.62 bits per heavy atom. The number of nitrogens with zero attached hydrogens (tertiary/aromatic N) is 2.